The summed E-state index contributed by atoms with van der Waals surface area (Å²) in [5.41, 5.74) is 2.27. The van der Waals surface area contributed by atoms with Gasteiger partial charge in [-0.3, -0.25) is 4.79 Å². The number of nitrogens with one attached hydrogen (secondary N) is 1. The standard InChI is InChI=1S/C22H22N2O4S/c1-27-17-9-4-6-14(20(17)25)12-24-22-19(16-8-2-3-10-18(16)29-22)21(26)23-13-15-7-5-11-28-15/h4-7,9,11-12,25H,2-3,8,10,13H2,1H3,(H,23,26). The van der Waals surface area contributed by atoms with E-state index in [0.29, 0.717) is 34.2 Å². The number of fused-ring (bicyclic) bond motifs is 1. The van der Waals surface area contributed by atoms with E-state index >= 15 is 0 Å². The molecule has 0 bridgehead atoms. The summed E-state index contributed by atoms with van der Waals surface area (Å²) in [6, 6.07) is 8.85. The number of hydrogen-bond donors (Lipinski definition) is 2. The predicted molar refractivity (Wildman–Crippen MR) is 113 cm³/mol. The van der Waals surface area contributed by atoms with Crippen LogP contribution in [0.1, 0.15) is 45.0 Å². The maximum Gasteiger partial charge on any atom is 0.255 e. The second kappa shape index (κ2) is 8.53. The van der Waals surface area contributed by atoms with Gasteiger partial charge in [-0.1, -0.05) is 6.07 Å². The van der Waals surface area contributed by atoms with Crippen LogP contribution < -0.4 is 10.1 Å². The summed E-state index contributed by atoms with van der Waals surface area (Å²) in [5, 5.41) is 13.9. The third-order valence-corrected chi connectivity index (χ3v) is 6.15. The SMILES string of the molecule is COc1cccc(C=Nc2sc3c(c2C(=O)NCc2ccco2)CCCC3)c1O. The van der Waals surface area contributed by atoms with Crippen molar-refractivity contribution in [2.45, 2.75) is 32.2 Å². The van der Waals surface area contributed by atoms with E-state index in [1.54, 1.807) is 48.1 Å². The zero-order chi connectivity index (χ0) is 20.2. The lowest BCUT2D eigenvalue weighted by atomic mass is 9.95. The normalized spacial score (nSPS) is 13.4. The molecule has 1 aliphatic carbocycles. The highest BCUT2D eigenvalue weighted by molar-refractivity contribution is 7.16. The first-order chi connectivity index (χ1) is 14.2. The number of methoxy groups -OCH3 is 1. The first-order valence-electron chi connectivity index (χ1n) is 9.52. The zero-order valence-electron chi connectivity index (χ0n) is 16.1. The minimum absolute atomic E-state index is 0.0314. The van der Waals surface area contributed by atoms with Crippen LogP contribution in [0.15, 0.2) is 46.0 Å². The lowest BCUT2D eigenvalue weighted by molar-refractivity contribution is 0.0948. The third kappa shape index (κ3) is 4.05. The molecule has 0 saturated carbocycles. The highest BCUT2D eigenvalue weighted by Gasteiger charge is 2.25. The molecular weight excluding hydrogens is 388 g/mol. The maximum absolute atomic E-state index is 13.0. The van der Waals surface area contributed by atoms with Gasteiger partial charge in [-0.05, 0) is 55.5 Å². The molecule has 29 heavy (non-hydrogen) atoms. The van der Waals surface area contributed by atoms with Crippen LogP contribution in [0.2, 0.25) is 0 Å². The summed E-state index contributed by atoms with van der Waals surface area (Å²) >= 11 is 1.55. The van der Waals surface area contributed by atoms with E-state index in [2.05, 4.69) is 10.3 Å². The van der Waals surface area contributed by atoms with Gasteiger partial charge >= 0.3 is 0 Å². The van der Waals surface area contributed by atoms with Crippen LogP contribution in [0.3, 0.4) is 0 Å². The van der Waals surface area contributed by atoms with Gasteiger partial charge in [0.2, 0.25) is 0 Å². The topological polar surface area (TPSA) is 84.1 Å². The Labute approximate surface area is 172 Å². The number of para-hydroxylation sites is 1. The Morgan fingerprint density at radius 3 is 2.97 bits per heavy atom. The van der Waals surface area contributed by atoms with Crippen LogP contribution in [0.5, 0.6) is 11.5 Å². The number of aromatic hydroxyl groups is 1. The van der Waals surface area contributed by atoms with Crippen molar-refractivity contribution in [3.05, 3.63) is 63.9 Å². The van der Waals surface area contributed by atoms with Crippen molar-refractivity contribution in [2.24, 2.45) is 4.99 Å². The fourth-order valence-electron chi connectivity index (χ4n) is 3.48. The Bertz CT molecular complexity index is 1040. The van der Waals surface area contributed by atoms with E-state index in [1.165, 1.54) is 12.0 Å². The Balaban J connectivity index is 1.64. The molecule has 0 spiro atoms. The Morgan fingerprint density at radius 1 is 1.31 bits per heavy atom. The number of benzene rings is 1. The summed E-state index contributed by atoms with van der Waals surface area (Å²) in [7, 11) is 1.50. The van der Waals surface area contributed by atoms with Crippen molar-refractivity contribution in [3.8, 4) is 11.5 Å². The number of ether oxygens (including phenoxy) is 1. The molecule has 0 fully saturated rings. The molecule has 6 nitrogen and oxygen atoms in total. The number of phenols is 1. The molecule has 1 aromatic carbocycles. The van der Waals surface area contributed by atoms with Crippen LogP contribution in [0.25, 0.3) is 0 Å². The fourth-order valence-corrected chi connectivity index (χ4v) is 4.71. The van der Waals surface area contributed by atoms with Crippen LogP contribution >= 0.6 is 11.3 Å². The molecule has 2 N–H and O–H groups in total. The van der Waals surface area contributed by atoms with Gasteiger partial charge in [-0.25, -0.2) is 4.99 Å². The first kappa shape index (κ1) is 19.3. The van der Waals surface area contributed by atoms with Crippen molar-refractivity contribution in [1.82, 2.24) is 5.32 Å². The van der Waals surface area contributed by atoms with Gasteiger partial charge in [0.15, 0.2) is 11.5 Å². The van der Waals surface area contributed by atoms with Crippen LogP contribution in [0, 0.1) is 0 Å². The summed E-state index contributed by atoms with van der Waals surface area (Å²) in [6.45, 7) is 0.330. The van der Waals surface area contributed by atoms with E-state index in [0.717, 1.165) is 31.2 Å². The molecular formula is C22H22N2O4S. The number of hydrogen-bond acceptors (Lipinski definition) is 6. The van der Waals surface area contributed by atoms with E-state index in [1.807, 2.05) is 6.07 Å². The molecule has 0 aliphatic heterocycles. The Morgan fingerprint density at radius 2 is 2.17 bits per heavy atom. The second-order valence-corrected chi connectivity index (χ2v) is 7.89. The lowest BCUT2D eigenvalue weighted by Gasteiger charge is -2.12. The average Bonchev–Trinajstić information content (AvgIpc) is 3.38. The lowest BCUT2D eigenvalue weighted by Crippen LogP contribution is -2.23. The molecule has 0 atom stereocenters. The van der Waals surface area contributed by atoms with Gasteiger partial charge in [0.1, 0.15) is 10.8 Å². The summed E-state index contributed by atoms with van der Waals surface area (Å²) in [4.78, 5) is 18.8. The molecule has 2 heterocycles. The van der Waals surface area contributed by atoms with Gasteiger partial charge < -0.3 is 19.6 Å². The highest BCUT2D eigenvalue weighted by Crippen LogP contribution is 2.40. The fraction of sp³-hybridized carbons (Fsp3) is 0.273. The molecule has 0 saturated heterocycles. The Hall–Kier alpha value is -3.06. The number of phenolic OH excluding ortho intramolecular Hbond substituents is 1. The molecule has 0 radical (unpaired) electrons. The van der Waals surface area contributed by atoms with Gasteiger partial charge in [-0.2, -0.15) is 0 Å². The van der Waals surface area contributed by atoms with E-state index < -0.39 is 0 Å². The zero-order valence-corrected chi connectivity index (χ0v) is 16.9. The van der Waals surface area contributed by atoms with Crippen LogP contribution in [-0.2, 0) is 19.4 Å². The second-order valence-electron chi connectivity index (χ2n) is 6.81. The molecule has 1 aliphatic rings. The number of amides is 1. The quantitative estimate of drug-likeness (QED) is 0.581. The first-order valence-corrected chi connectivity index (χ1v) is 10.3. The van der Waals surface area contributed by atoms with Gasteiger partial charge in [0, 0.05) is 16.7 Å². The number of carbonyl (C=O) groups excluding carboxylic acids is 1. The predicted octanol–water partition coefficient (Wildman–Crippen LogP) is 4.61. The third-order valence-electron chi connectivity index (χ3n) is 4.95. The van der Waals surface area contributed by atoms with Crippen molar-refractivity contribution >= 4 is 28.5 Å². The number of aryl methyl sites for hydroxylation is 1. The smallest absolute Gasteiger partial charge is 0.255 e. The largest absolute Gasteiger partial charge is 0.504 e. The van der Waals surface area contributed by atoms with E-state index in [4.69, 9.17) is 9.15 Å². The number of rotatable bonds is 6. The summed E-state index contributed by atoms with van der Waals surface area (Å²) < 4.78 is 10.5. The van der Waals surface area contributed by atoms with Gasteiger partial charge in [0.05, 0.1) is 25.5 Å². The van der Waals surface area contributed by atoms with Crippen molar-refractivity contribution < 1.29 is 19.1 Å². The van der Waals surface area contributed by atoms with Crippen molar-refractivity contribution in [1.29, 1.82) is 0 Å². The molecule has 150 valence electrons. The minimum atomic E-state index is -0.150. The molecule has 0 unspecified atom stereocenters. The molecule has 3 aromatic rings. The minimum Gasteiger partial charge on any atom is -0.504 e. The van der Waals surface area contributed by atoms with Gasteiger partial charge in [0.25, 0.3) is 5.91 Å². The van der Waals surface area contributed by atoms with Crippen molar-refractivity contribution in [2.75, 3.05) is 7.11 Å². The monoisotopic (exact) mass is 410 g/mol. The molecule has 1 amide bonds. The van der Waals surface area contributed by atoms with E-state index in [-0.39, 0.29) is 11.7 Å². The van der Waals surface area contributed by atoms with E-state index in [9.17, 15) is 9.90 Å². The number of aliphatic imine (C=N–C) groups is 1. The summed E-state index contributed by atoms with van der Waals surface area (Å²) in [5.74, 6) is 0.969. The average molecular weight is 410 g/mol. The number of furan rings is 1. The number of carbonyl (C=O) groups is 1. The van der Waals surface area contributed by atoms with Crippen LogP contribution in [0.4, 0.5) is 5.00 Å². The Kier molecular flexibility index (Phi) is 5.67. The number of thiophene rings is 1. The molecule has 4 rings (SSSR count). The van der Waals surface area contributed by atoms with Crippen LogP contribution in [-0.4, -0.2) is 24.3 Å². The molecule has 2 aromatic heterocycles. The van der Waals surface area contributed by atoms with Crippen molar-refractivity contribution in [3.63, 3.8) is 0 Å². The highest BCUT2D eigenvalue weighted by atomic mass is 32.1. The summed E-state index contributed by atoms with van der Waals surface area (Å²) in [6.07, 6.45) is 7.22. The molecule has 7 heteroatoms. The number of nitrogens with zero attached hydrogens (tertiary/aromatic N) is 1. The van der Waals surface area contributed by atoms with Gasteiger partial charge in [-0.15, -0.1) is 11.3 Å². The maximum atomic E-state index is 13.0.